The molecule has 0 bridgehead atoms. The van der Waals surface area contributed by atoms with Crippen LogP contribution in [0.1, 0.15) is 47.8 Å². The van der Waals surface area contributed by atoms with Crippen LogP contribution in [0.2, 0.25) is 0 Å². The molecule has 2 aromatic rings. The number of piperazine rings is 1. The van der Waals surface area contributed by atoms with Gasteiger partial charge in [-0.05, 0) is 54.0 Å². The van der Waals surface area contributed by atoms with Gasteiger partial charge in [0.05, 0.1) is 0 Å². The predicted molar refractivity (Wildman–Crippen MR) is 135 cm³/mol. The molecule has 178 valence electrons. The molecule has 6 nitrogen and oxygen atoms in total. The van der Waals surface area contributed by atoms with Crippen LogP contribution in [0.25, 0.3) is 0 Å². The van der Waals surface area contributed by atoms with E-state index in [4.69, 9.17) is 0 Å². The van der Waals surface area contributed by atoms with Crippen LogP contribution in [0.4, 0.5) is 10.5 Å². The first kappa shape index (κ1) is 24.8. The lowest BCUT2D eigenvalue weighted by Crippen LogP contribution is -2.46. The fourth-order valence-electron chi connectivity index (χ4n) is 4.20. The van der Waals surface area contributed by atoms with Crippen LogP contribution >= 0.6 is 0 Å². The number of carbonyl (C=O) groups is 2. The second-order valence-corrected chi connectivity index (χ2v) is 9.25. The molecule has 0 aliphatic carbocycles. The Hall–Kier alpha value is -2.86. The molecule has 3 amide bonds. The van der Waals surface area contributed by atoms with Gasteiger partial charge in [-0.2, -0.15) is 0 Å². The Balaban J connectivity index is 1.79. The van der Waals surface area contributed by atoms with Gasteiger partial charge in [0.25, 0.3) is 5.91 Å². The third-order valence-corrected chi connectivity index (χ3v) is 6.14. The van der Waals surface area contributed by atoms with Gasteiger partial charge >= 0.3 is 6.03 Å². The van der Waals surface area contributed by atoms with Crippen LogP contribution in [-0.2, 0) is 19.3 Å². The highest BCUT2D eigenvalue weighted by atomic mass is 16.2. The van der Waals surface area contributed by atoms with Crippen molar-refractivity contribution in [3.63, 3.8) is 0 Å². The first-order valence-electron chi connectivity index (χ1n) is 12.1. The number of nitrogens with one attached hydrogen (secondary N) is 2. The maximum Gasteiger partial charge on any atom is 0.321 e. The average molecular weight is 451 g/mol. The summed E-state index contributed by atoms with van der Waals surface area (Å²) in [4.78, 5) is 29.9. The summed E-state index contributed by atoms with van der Waals surface area (Å²) in [5, 5.41) is 6.43. The molecule has 1 heterocycles. The van der Waals surface area contributed by atoms with E-state index in [9.17, 15) is 9.59 Å². The quantitative estimate of drug-likeness (QED) is 0.634. The molecule has 2 aromatic carbocycles. The molecule has 0 atom stereocenters. The number of hydrogen-bond acceptors (Lipinski definition) is 3. The molecule has 6 heteroatoms. The first-order chi connectivity index (χ1) is 15.9. The zero-order valence-electron chi connectivity index (χ0n) is 20.5. The average Bonchev–Trinajstić information content (AvgIpc) is 2.83. The second kappa shape index (κ2) is 11.8. The molecule has 1 aliphatic rings. The van der Waals surface area contributed by atoms with E-state index in [0.717, 1.165) is 67.8 Å². The molecule has 1 saturated heterocycles. The molecule has 3 rings (SSSR count). The SMILES string of the molecule is CCc1cc(NC(=O)N(C)CCc2ccccc2)c(CC(C)C)cc1C(=O)N1CCNCC1. The molecular formula is C27H38N4O2. The fraction of sp³-hybridized carbons (Fsp3) is 0.481. The minimum Gasteiger partial charge on any atom is -0.336 e. The summed E-state index contributed by atoms with van der Waals surface area (Å²) in [5.41, 5.74) is 4.79. The third-order valence-electron chi connectivity index (χ3n) is 6.14. The third kappa shape index (κ3) is 6.81. The lowest BCUT2D eigenvalue weighted by atomic mass is 9.94. The van der Waals surface area contributed by atoms with Gasteiger partial charge in [-0.15, -0.1) is 0 Å². The van der Waals surface area contributed by atoms with Crippen molar-refractivity contribution in [2.24, 2.45) is 5.92 Å². The van der Waals surface area contributed by atoms with Crippen molar-refractivity contribution in [2.45, 2.75) is 40.0 Å². The van der Waals surface area contributed by atoms with Crippen LogP contribution in [-0.4, -0.2) is 61.5 Å². The van der Waals surface area contributed by atoms with Gasteiger partial charge in [0.1, 0.15) is 0 Å². The zero-order chi connectivity index (χ0) is 23.8. The van der Waals surface area contributed by atoms with Crippen LogP contribution in [0.15, 0.2) is 42.5 Å². The standard InChI is InChI=1S/C27H38N4O2/c1-5-22-19-25(29-27(33)30(4)14-11-21-9-7-6-8-10-21)23(17-20(2)3)18-24(22)26(32)31-15-12-28-13-16-31/h6-10,18-20,28H,5,11-17H2,1-4H3,(H,29,33). The minimum atomic E-state index is -0.126. The highest BCUT2D eigenvalue weighted by molar-refractivity contribution is 5.98. The van der Waals surface area contributed by atoms with E-state index < -0.39 is 0 Å². The van der Waals surface area contributed by atoms with Crippen molar-refractivity contribution in [2.75, 3.05) is 45.1 Å². The molecule has 0 saturated carbocycles. The van der Waals surface area contributed by atoms with Gasteiger partial charge < -0.3 is 20.4 Å². The smallest absolute Gasteiger partial charge is 0.321 e. The summed E-state index contributed by atoms with van der Waals surface area (Å²) in [6.45, 7) is 10.1. The molecular weight excluding hydrogens is 412 g/mol. The maximum absolute atomic E-state index is 13.3. The summed E-state index contributed by atoms with van der Waals surface area (Å²) in [5.74, 6) is 0.502. The van der Waals surface area contributed by atoms with E-state index >= 15 is 0 Å². The highest BCUT2D eigenvalue weighted by Crippen LogP contribution is 2.26. The van der Waals surface area contributed by atoms with Crippen LogP contribution < -0.4 is 10.6 Å². The molecule has 1 fully saturated rings. The van der Waals surface area contributed by atoms with E-state index in [2.05, 4.69) is 43.5 Å². The molecule has 2 N–H and O–H groups in total. The number of urea groups is 1. The summed E-state index contributed by atoms with van der Waals surface area (Å²) in [7, 11) is 1.82. The summed E-state index contributed by atoms with van der Waals surface area (Å²) in [6, 6.07) is 14.1. The molecule has 0 unspecified atom stereocenters. The molecule has 0 spiro atoms. The van der Waals surface area contributed by atoms with Crippen LogP contribution in [0.5, 0.6) is 0 Å². The van der Waals surface area contributed by atoms with Gasteiger partial charge in [-0.3, -0.25) is 4.79 Å². The predicted octanol–water partition coefficient (Wildman–Crippen LogP) is 4.20. The largest absolute Gasteiger partial charge is 0.336 e. The number of hydrogen-bond donors (Lipinski definition) is 2. The van der Waals surface area contributed by atoms with Gasteiger partial charge in [0.2, 0.25) is 0 Å². The summed E-state index contributed by atoms with van der Waals surface area (Å²) >= 11 is 0. The summed E-state index contributed by atoms with van der Waals surface area (Å²) in [6.07, 6.45) is 2.35. The first-order valence-corrected chi connectivity index (χ1v) is 12.1. The van der Waals surface area contributed by atoms with E-state index in [1.165, 1.54) is 5.56 Å². The number of rotatable bonds is 8. The summed E-state index contributed by atoms with van der Waals surface area (Å²) < 4.78 is 0. The molecule has 1 aliphatic heterocycles. The highest BCUT2D eigenvalue weighted by Gasteiger charge is 2.23. The van der Waals surface area contributed by atoms with Gasteiger partial charge in [-0.25, -0.2) is 4.79 Å². The fourth-order valence-corrected chi connectivity index (χ4v) is 4.20. The van der Waals surface area contributed by atoms with Crippen LogP contribution in [0, 0.1) is 5.92 Å². The van der Waals surface area contributed by atoms with Gasteiger partial charge in [-0.1, -0.05) is 51.1 Å². The maximum atomic E-state index is 13.3. The van der Waals surface area contributed by atoms with Crippen molar-refractivity contribution in [3.05, 3.63) is 64.7 Å². The number of likely N-dealkylation sites (N-methyl/N-ethyl adjacent to an activating group) is 1. The monoisotopic (exact) mass is 450 g/mol. The van der Waals surface area contributed by atoms with Crippen LogP contribution in [0.3, 0.4) is 0 Å². The van der Waals surface area contributed by atoms with Crippen molar-refractivity contribution >= 4 is 17.6 Å². The van der Waals surface area contributed by atoms with Gasteiger partial charge in [0.15, 0.2) is 0 Å². The van der Waals surface area contributed by atoms with Gasteiger partial charge in [0, 0.05) is 51.0 Å². The number of benzene rings is 2. The molecule has 33 heavy (non-hydrogen) atoms. The number of aryl methyl sites for hydroxylation is 1. The van der Waals surface area contributed by atoms with E-state index in [1.807, 2.05) is 42.3 Å². The number of anilines is 1. The minimum absolute atomic E-state index is 0.0937. The van der Waals surface area contributed by atoms with E-state index in [0.29, 0.717) is 12.5 Å². The van der Waals surface area contributed by atoms with Crippen molar-refractivity contribution < 1.29 is 9.59 Å². The topological polar surface area (TPSA) is 64.7 Å². The number of nitrogens with zero attached hydrogens (tertiary/aromatic N) is 2. The lowest BCUT2D eigenvalue weighted by Gasteiger charge is -2.29. The van der Waals surface area contributed by atoms with Crippen molar-refractivity contribution in [1.29, 1.82) is 0 Å². The Morgan fingerprint density at radius 2 is 1.79 bits per heavy atom. The lowest BCUT2D eigenvalue weighted by molar-refractivity contribution is 0.0734. The zero-order valence-corrected chi connectivity index (χ0v) is 20.5. The Morgan fingerprint density at radius 3 is 2.42 bits per heavy atom. The number of carbonyl (C=O) groups excluding carboxylic acids is 2. The Bertz CT molecular complexity index is 937. The molecule has 0 radical (unpaired) electrons. The van der Waals surface area contributed by atoms with E-state index in [1.54, 1.807) is 4.90 Å². The Morgan fingerprint density at radius 1 is 1.09 bits per heavy atom. The normalized spacial score (nSPS) is 13.8. The molecule has 0 aromatic heterocycles. The Labute approximate surface area is 198 Å². The van der Waals surface area contributed by atoms with E-state index in [-0.39, 0.29) is 11.9 Å². The second-order valence-electron chi connectivity index (χ2n) is 9.25. The Kier molecular flexibility index (Phi) is 8.89. The van der Waals surface area contributed by atoms with Crippen molar-refractivity contribution in [1.82, 2.24) is 15.1 Å². The number of amides is 3. The van der Waals surface area contributed by atoms with Crippen molar-refractivity contribution in [3.8, 4) is 0 Å².